The summed E-state index contributed by atoms with van der Waals surface area (Å²) in [4.78, 5) is 4.85. The van der Waals surface area contributed by atoms with Crippen LogP contribution in [0.5, 0.6) is 5.75 Å². The van der Waals surface area contributed by atoms with Crippen molar-refractivity contribution in [1.29, 1.82) is 0 Å². The average Bonchev–Trinajstić information content (AvgIpc) is 3.03. The van der Waals surface area contributed by atoms with Gasteiger partial charge in [0.2, 0.25) is 0 Å². The molecule has 0 radical (unpaired) electrons. The Morgan fingerprint density at radius 2 is 2.09 bits per heavy atom. The molecule has 2 N–H and O–H groups in total. The molecule has 0 atom stereocenters. The molecule has 5 heteroatoms. The number of halogens is 1. The van der Waals surface area contributed by atoms with Gasteiger partial charge in [0.1, 0.15) is 5.75 Å². The lowest BCUT2D eigenvalue weighted by Crippen LogP contribution is -2.35. The number of methoxy groups -OCH3 is 1. The molecule has 1 aromatic heterocycles. The third-order valence-corrected chi connectivity index (χ3v) is 5.27. The zero-order valence-corrected chi connectivity index (χ0v) is 14.2. The van der Waals surface area contributed by atoms with Crippen molar-refractivity contribution in [2.75, 3.05) is 25.5 Å². The average molecular weight is 332 g/mol. The van der Waals surface area contributed by atoms with Crippen molar-refractivity contribution in [3.8, 4) is 5.75 Å². The molecule has 0 bridgehead atoms. The number of benzene rings is 1. The fourth-order valence-corrected chi connectivity index (χ4v) is 3.99. The summed E-state index contributed by atoms with van der Waals surface area (Å²) < 4.78 is 5.42. The van der Waals surface area contributed by atoms with Crippen molar-refractivity contribution in [3.63, 3.8) is 0 Å². The van der Waals surface area contributed by atoms with Crippen LogP contribution in [-0.4, -0.2) is 31.2 Å². The molecule has 0 saturated carbocycles. The minimum absolute atomic E-state index is 0.522. The van der Waals surface area contributed by atoms with Crippen LogP contribution in [0.15, 0.2) is 12.1 Å². The van der Waals surface area contributed by atoms with Crippen LogP contribution in [0.4, 0.5) is 5.69 Å². The Bertz CT molecular complexity index is 741. The van der Waals surface area contributed by atoms with Crippen LogP contribution in [0, 0.1) is 0 Å². The Kier molecular flexibility index (Phi) is 4.04. The summed E-state index contributed by atoms with van der Waals surface area (Å²) in [6.45, 7) is 2.16. The molecule has 23 heavy (non-hydrogen) atoms. The van der Waals surface area contributed by atoms with E-state index in [-0.39, 0.29) is 0 Å². The number of pyridine rings is 1. The first-order chi connectivity index (χ1) is 11.3. The monoisotopic (exact) mass is 331 g/mol. The predicted octanol–water partition coefficient (Wildman–Crippen LogP) is 3.55. The number of fused-ring (bicyclic) bond motifs is 2. The standard InChI is InChI=1S/C18H22ClN3O/c1-23-17-9-13-16(10-14(17)19)22-15-4-2-3-12(15)18(13)21-11-5-7-20-8-6-11/h9-11,20H,2-8H2,1H3,(H,21,22). The van der Waals surface area contributed by atoms with Gasteiger partial charge in [0.15, 0.2) is 0 Å². The zero-order valence-electron chi connectivity index (χ0n) is 13.4. The van der Waals surface area contributed by atoms with Crippen molar-refractivity contribution in [3.05, 3.63) is 28.4 Å². The maximum atomic E-state index is 6.30. The van der Waals surface area contributed by atoms with Gasteiger partial charge in [-0.25, -0.2) is 0 Å². The van der Waals surface area contributed by atoms with Gasteiger partial charge in [-0.3, -0.25) is 4.98 Å². The van der Waals surface area contributed by atoms with Crippen LogP contribution < -0.4 is 15.4 Å². The second-order valence-corrected chi connectivity index (χ2v) is 6.85. The molecule has 1 fully saturated rings. The van der Waals surface area contributed by atoms with Crippen molar-refractivity contribution < 1.29 is 4.74 Å². The zero-order chi connectivity index (χ0) is 15.8. The van der Waals surface area contributed by atoms with Gasteiger partial charge in [0.25, 0.3) is 0 Å². The minimum atomic E-state index is 0.522. The van der Waals surface area contributed by atoms with Crippen molar-refractivity contribution in [1.82, 2.24) is 10.3 Å². The lowest BCUT2D eigenvalue weighted by molar-refractivity contribution is 0.415. The number of aromatic nitrogens is 1. The molecule has 2 heterocycles. The highest BCUT2D eigenvalue weighted by Crippen LogP contribution is 2.39. The molecule has 2 aromatic rings. The highest BCUT2D eigenvalue weighted by molar-refractivity contribution is 6.33. The molecular weight excluding hydrogens is 310 g/mol. The summed E-state index contributed by atoms with van der Waals surface area (Å²) >= 11 is 6.30. The summed E-state index contributed by atoms with van der Waals surface area (Å²) in [5.74, 6) is 0.715. The van der Waals surface area contributed by atoms with E-state index in [4.69, 9.17) is 21.3 Å². The molecule has 4 nitrogen and oxygen atoms in total. The van der Waals surface area contributed by atoms with E-state index in [1.54, 1.807) is 7.11 Å². The van der Waals surface area contributed by atoms with Crippen LogP contribution in [0.1, 0.15) is 30.5 Å². The molecule has 1 aliphatic carbocycles. The van der Waals surface area contributed by atoms with Gasteiger partial charge in [-0.05, 0) is 62.9 Å². The number of ether oxygens (including phenoxy) is 1. The van der Waals surface area contributed by atoms with E-state index in [0.717, 1.165) is 49.7 Å². The Morgan fingerprint density at radius 1 is 1.26 bits per heavy atom. The van der Waals surface area contributed by atoms with Gasteiger partial charge in [-0.15, -0.1) is 0 Å². The molecule has 2 aliphatic rings. The summed E-state index contributed by atoms with van der Waals surface area (Å²) in [6, 6.07) is 4.49. The number of hydrogen-bond acceptors (Lipinski definition) is 4. The molecule has 1 saturated heterocycles. The Morgan fingerprint density at radius 3 is 2.87 bits per heavy atom. The highest BCUT2D eigenvalue weighted by atomic mass is 35.5. The summed E-state index contributed by atoms with van der Waals surface area (Å²) in [5, 5.41) is 9.00. The third-order valence-electron chi connectivity index (χ3n) is 4.97. The highest BCUT2D eigenvalue weighted by Gasteiger charge is 2.23. The maximum absolute atomic E-state index is 6.30. The normalized spacial score (nSPS) is 18.2. The topological polar surface area (TPSA) is 46.2 Å². The van der Waals surface area contributed by atoms with Gasteiger partial charge in [0, 0.05) is 22.8 Å². The number of anilines is 1. The number of piperidine rings is 1. The van der Waals surface area contributed by atoms with E-state index in [1.807, 2.05) is 12.1 Å². The molecular formula is C18H22ClN3O. The van der Waals surface area contributed by atoms with Gasteiger partial charge in [-0.1, -0.05) is 11.6 Å². The molecule has 122 valence electrons. The van der Waals surface area contributed by atoms with Crippen LogP contribution in [0.2, 0.25) is 5.02 Å². The lowest BCUT2D eigenvalue weighted by Gasteiger charge is -2.27. The number of rotatable bonds is 3. The summed E-state index contributed by atoms with van der Waals surface area (Å²) in [5.41, 5.74) is 4.84. The number of aryl methyl sites for hydroxylation is 1. The Hall–Kier alpha value is -1.52. The number of nitrogens with one attached hydrogen (secondary N) is 2. The first-order valence-corrected chi connectivity index (χ1v) is 8.80. The number of nitrogens with zero attached hydrogens (tertiary/aromatic N) is 1. The van der Waals surface area contributed by atoms with E-state index in [9.17, 15) is 0 Å². The largest absolute Gasteiger partial charge is 0.495 e. The number of hydrogen-bond donors (Lipinski definition) is 2. The van der Waals surface area contributed by atoms with Crippen LogP contribution in [-0.2, 0) is 12.8 Å². The first kappa shape index (κ1) is 15.0. The van der Waals surface area contributed by atoms with E-state index in [2.05, 4.69) is 10.6 Å². The van der Waals surface area contributed by atoms with Crippen molar-refractivity contribution in [2.24, 2.45) is 0 Å². The first-order valence-electron chi connectivity index (χ1n) is 8.42. The molecule has 4 rings (SSSR count). The predicted molar refractivity (Wildman–Crippen MR) is 94.8 cm³/mol. The second kappa shape index (κ2) is 6.17. The Labute approximate surface area is 141 Å². The molecule has 0 amide bonds. The van der Waals surface area contributed by atoms with Crippen molar-refractivity contribution >= 4 is 28.2 Å². The fraction of sp³-hybridized carbons (Fsp3) is 0.500. The van der Waals surface area contributed by atoms with Gasteiger partial charge < -0.3 is 15.4 Å². The van der Waals surface area contributed by atoms with Crippen LogP contribution >= 0.6 is 11.6 Å². The smallest absolute Gasteiger partial charge is 0.138 e. The maximum Gasteiger partial charge on any atom is 0.138 e. The van der Waals surface area contributed by atoms with E-state index in [0.29, 0.717) is 16.8 Å². The lowest BCUT2D eigenvalue weighted by atomic mass is 10.0. The van der Waals surface area contributed by atoms with Crippen molar-refractivity contribution in [2.45, 2.75) is 38.1 Å². The van der Waals surface area contributed by atoms with E-state index >= 15 is 0 Å². The quantitative estimate of drug-likeness (QED) is 0.903. The van der Waals surface area contributed by atoms with Gasteiger partial charge in [-0.2, -0.15) is 0 Å². The van der Waals surface area contributed by atoms with Gasteiger partial charge >= 0.3 is 0 Å². The SMILES string of the molecule is COc1cc2c(NC3CCNCC3)c3c(nc2cc1Cl)CCC3. The van der Waals surface area contributed by atoms with Gasteiger partial charge in [0.05, 0.1) is 17.6 Å². The second-order valence-electron chi connectivity index (χ2n) is 6.44. The molecule has 0 unspecified atom stereocenters. The Balaban J connectivity index is 1.84. The van der Waals surface area contributed by atoms with Crippen LogP contribution in [0.3, 0.4) is 0 Å². The van der Waals surface area contributed by atoms with E-state index in [1.165, 1.54) is 23.4 Å². The summed E-state index contributed by atoms with van der Waals surface area (Å²) in [7, 11) is 1.66. The van der Waals surface area contributed by atoms with Crippen LogP contribution in [0.25, 0.3) is 10.9 Å². The minimum Gasteiger partial charge on any atom is -0.495 e. The fourth-order valence-electron chi connectivity index (χ4n) is 3.76. The molecule has 0 spiro atoms. The summed E-state index contributed by atoms with van der Waals surface area (Å²) in [6.07, 6.45) is 5.67. The third kappa shape index (κ3) is 2.74. The van der Waals surface area contributed by atoms with E-state index < -0.39 is 0 Å². The molecule has 1 aromatic carbocycles. The molecule has 1 aliphatic heterocycles.